The van der Waals surface area contributed by atoms with Crippen molar-refractivity contribution in [2.24, 2.45) is 0 Å². The van der Waals surface area contributed by atoms with Crippen molar-refractivity contribution in [2.75, 3.05) is 17.7 Å². The average Bonchev–Trinajstić information content (AvgIpc) is 2.90. The number of carbonyl (C=O) groups excluding carboxylic acids is 1. The van der Waals surface area contributed by atoms with Crippen molar-refractivity contribution in [3.05, 3.63) is 40.3 Å². The lowest BCUT2D eigenvalue weighted by Crippen LogP contribution is -2.26. The number of nitrogens with two attached hydrogens (primary N) is 1. The molecule has 2 aromatic rings. The number of carbonyl (C=O) groups is 2. The summed E-state index contributed by atoms with van der Waals surface area (Å²) in [5, 5.41) is 8.86. The standard InChI is InChI=1S/C12H11N3O3S/c1-15(11(16)10-5-14-6-19-10)9-3-2-7(12(17)18)4-8(9)13/h2-6H,13H2,1H3,(H,17,18). The number of rotatable bonds is 3. The van der Waals surface area contributed by atoms with E-state index in [0.717, 1.165) is 0 Å². The molecular formula is C12H11N3O3S. The Morgan fingerprint density at radius 3 is 2.68 bits per heavy atom. The van der Waals surface area contributed by atoms with Crippen LogP contribution in [0.4, 0.5) is 11.4 Å². The van der Waals surface area contributed by atoms with Crippen molar-refractivity contribution in [3.8, 4) is 0 Å². The molecule has 0 spiro atoms. The summed E-state index contributed by atoms with van der Waals surface area (Å²) in [7, 11) is 1.58. The predicted octanol–water partition coefficient (Wildman–Crippen LogP) is 1.70. The van der Waals surface area contributed by atoms with Gasteiger partial charge < -0.3 is 15.7 Å². The maximum absolute atomic E-state index is 12.1. The molecule has 0 saturated carbocycles. The SMILES string of the molecule is CN(C(=O)c1cncs1)c1ccc(C(=O)O)cc1N. The van der Waals surface area contributed by atoms with Crippen LogP contribution in [0.5, 0.6) is 0 Å². The summed E-state index contributed by atoms with van der Waals surface area (Å²) >= 11 is 1.23. The Morgan fingerprint density at radius 1 is 1.42 bits per heavy atom. The second-order valence-corrected chi connectivity index (χ2v) is 4.69. The van der Waals surface area contributed by atoms with Crippen LogP contribution in [0.15, 0.2) is 29.9 Å². The first-order valence-electron chi connectivity index (χ1n) is 5.30. The number of aromatic nitrogens is 1. The van der Waals surface area contributed by atoms with E-state index in [1.54, 1.807) is 12.6 Å². The summed E-state index contributed by atoms with van der Waals surface area (Å²) in [6.07, 6.45) is 1.48. The molecule has 3 N–H and O–H groups in total. The highest BCUT2D eigenvalue weighted by atomic mass is 32.1. The van der Waals surface area contributed by atoms with Gasteiger partial charge in [-0.25, -0.2) is 4.79 Å². The van der Waals surface area contributed by atoms with Crippen LogP contribution in [0.3, 0.4) is 0 Å². The normalized spacial score (nSPS) is 10.2. The number of carboxylic acids is 1. The first kappa shape index (κ1) is 13.0. The largest absolute Gasteiger partial charge is 0.478 e. The van der Waals surface area contributed by atoms with E-state index in [4.69, 9.17) is 10.8 Å². The summed E-state index contributed by atoms with van der Waals surface area (Å²) in [5.41, 5.74) is 8.13. The lowest BCUT2D eigenvalue weighted by Gasteiger charge is -2.18. The lowest BCUT2D eigenvalue weighted by molar-refractivity contribution is 0.0697. The highest BCUT2D eigenvalue weighted by Gasteiger charge is 2.17. The van der Waals surface area contributed by atoms with Gasteiger partial charge in [-0.1, -0.05) is 0 Å². The van der Waals surface area contributed by atoms with Crippen LogP contribution in [0.2, 0.25) is 0 Å². The van der Waals surface area contributed by atoms with E-state index >= 15 is 0 Å². The molecule has 6 nitrogen and oxygen atoms in total. The number of hydrogen-bond acceptors (Lipinski definition) is 5. The fourth-order valence-corrected chi connectivity index (χ4v) is 2.18. The Labute approximate surface area is 113 Å². The Kier molecular flexibility index (Phi) is 3.48. The molecule has 0 radical (unpaired) electrons. The van der Waals surface area contributed by atoms with Crippen molar-refractivity contribution in [1.82, 2.24) is 4.98 Å². The zero-order valence-corrected chi connectivity index (χ0v) is 10.8. The molecule has 98 valence electrons. The van der Waals surface area contributed by atoms with E-state index < -0.39 is 5.97 Å². The van der Waals surface area contributed by atoms with Gasteiger partial charge >= 0.3 is 5.97 Å². The number of nitrogens with zero attached hydrogens (tertiary/aromatic N) is 2. The van der Waals surface area contributed by atoms with E-state index in [2.05, 4.69) is 4.98 Å². The first-order chi connectivity index (χ1) is 9.00. The van der Waals surface area contributed by atoms with Crippen LogP contribution in [0.25, 0.3) is 0 Å². The monoisotopic (exact) mass is 277 g/mol. The van der Waals surface area contributed by atoms with E-state index in [-0.39, 0.29) is 17.2 Å². The highest BCUT2D eigenvalue weighted by Crippen LogP contribution is 2.25. The van der Waals surface area contributed by atoms with Gasteiger partial charge in [-0.15, -0.1) is 11.3 Å². The number of aromatic carboxylic acids is 1. The molecular weight excluding hydrogens is 266 g/mol. The van der Waals surface area contributed by atoms with Crippen molar-refractivity contribution in [1.29, 1.82) is 0 Å². The van der Waals surface area contributed by atoms with Crippen LogP contribution in [0, 0.1) is 0 Å². The maximum atomic E-state index is 12.1. The summed E-state index contributed by atoms with van der Waals surface area (Å²) < 4.78 is 0. The number of anilines is 2. The van der Waals surface area contributed by atoms with Crippen molar-refractivity contribution >= 4 is 34.6 Å². The van der Waals surface area contributed by atoms with Crippen LogP contribution in [-0.2, 0) is 0 Å². The Hall–Kier alpha value is -2.41. The molecule has 19 heavy (non-hydrogen) atoms. The predicted molar refractivity (Wildman–Crippen MR) is 72.7 cm³/mol. The van der Waals surface area contributed by atoms with Crippen molar-refractivity contribution in [3.63, 3.8) is 0 Å². The highest BCUT2D eigenvalue weighted by molar-refractivity contribution is 7.11. The molecule has 1 heterocycles. The molecule has 0 aliphatic rings. The fourth-order valence-electron chi connectivity index (χ4n) is 1.59. The third kappa shape index (κ3) is 2.55. The minimum absolute atomic E-state index is 0.0832. The minimum atomic E-state index is -1.06. The van der Waals surface area contributed by atoms with Gasteiger partial charge in [-0.05, 0) is 18.2 Å². The number of carboxylic acid groups (broad SMARTS) is 1. The second-order valence-electron chi connectivity index (χ2n) is 3.81. The number of hydrogen-bond donors (Lipinski definition) is 2. The topological polar surface area (TPSA) is 96.5 Å². The van der Waals surface area contributed by atoms with Gasteiger partial charge in [0.1, 0.15) is 4.88 Å². The Balaban J connectivity index is 2.32. The molecule has 2 rings (SSSR count). The quantitative estimate of drug-likeness (QED) is 0.832. The smallest absolute Gasteiger partial charge is 0.335 e. The molecule has 0 aliphatic carbocycles. The fraction of sp³-hybridized carbons (Fsp3) is 0.0833. The molecule has 1 aromatic carbocycles. The van der Waals surface area contributed by atoms with Gasteiger partial charge in [0.05, 0.1) is 28.6 Å². The number of amides is 1. The third-order valence-electron chi connectivity index (χ3n) is 2.58. The molecule has 0 bridgehead atoms. The Bertz CT molecular complexity index is 625. The molecule has 0 aliphatic heterocycles. The van der Waals surface area contributed by atoms with Gasteiger partial charge in [-0.2, -0.15) is 0 Å². The molecule has 0 saturated heterocycles. The summed E-state index contributed by atoms with van der Waals surface area (Å²) in [6, 6.07) is 4.25. The first-order valence-corrected chi connectivity index (χ1v) is 6.18. The zero-order chi connectivity index (χ0) is 14.0. The van der Waals surface area contributed by atoms with Crippen LogP contribution < -0.4 is 10.6 Å². The minimum Gasteiger partial charge on any atom is -0.478 e. The summed E-state index contributed by atoms with van der Waals surface area (Å²) in [5.74, 6) is -1.30. The summed E-state index contributed by atoms with van der Waals surface area (Å²) in [6.45, 7) is 0. The van der Waals surface area contributed by atoms with Crippen molar-refractivity contribution in [2.45, 2.75) is 0 Å². The molecule has 0 fully saturated rings. The van der Waals surface area contributed by atoms with Gasteiger partial charge in [0.2, 0.25) is 0 Å². The average molecular weight is 277 g/mol. The van der Waals surface area contributed by atoms with Crippen LogP contribution >= 0.6 is 11.3 Å². The van der Waals surface area contributed by atoms with E-state index in [1.165, 1.54) is 40.6 Å². The van der Waals surface area contributed by atoms with E-state index in [0.29, 0.717) is 10.6 Å². The lowest BCUT2D eigenvalue weighted by atomic mass is 10.1. The molecule has 1 aromatic heterocycles. The molecule has 1 amide bonds. The summed E-state index contributed by atoms with van der Waals surface area (Å²) in [4.78, 5) is 28.6. The van der Waals surface area contributed by atoms with Gasteiger partial charge in [0.25, 0.3) is 5.91 Å². The number of thiazole rings is 1. The number of benzene rings is 1. The Morgan fingerprint density at radius 2 is 2.16 bits per heavy atom. The van der Waals surface area contributed by atoms with Crippen LogP contribution in [-0.4, -0.2) is 29.0 Å². The number of nitrogen functional groups attached to an aromatic ring is 1. The van der Waals surface area contributed by atoms with E-state index in [9.17, 15) is 9.59 Å². The van der Waals surface area contributed by atoms with Gasteiger partial charge in [0.15, 0.2) is 0 Å². The zero-order valence-electron chi connectivity index (χ0n) is 10.0. The maximum Gasteiger partial charge on any atom is 0.335 e. The molecule has 0 unspecified atom stereocenters. The third-order valence-corrected chi connectivity index (χ3v) is 3.34. The molecule has 0 atom stereocenters. The van der Waals surface area contributed by atoms with Gasteiger partial charge in [-0.3, -0.25) is 9.78 Å². The van der Waals surface area contributed by atoms with Crippen LogP contribution in [0.1, 0.15) is 20.0 Å². The van der Waals surface area contributed by atoms with E-state index in [1.807, 2.05) is 0 Å². The molecule has 7 heteroatoms. The second kappa shape index (κ2) is 5.07. The van der Waals surface area contributed by atoms with Gasteiger partial charge in [0, 0.05) is 7.05 Å². The van der Waals surface area contributed by atoms with Crippen molar-refractivity contribution < 1.29 is 14.7 Å².